The SMILES string of the molecule is COc1[c]ccc(N(C)c2ccc(C)cc2)c1. The highest BCUT2D eigenvalue weighted by atomic mass is 16.5. The van der Waals surface area contributed by atoms with Crippen molar-refractivity contribution in [2.75, 3.05) is 19.1 Å². The molecule has 2 nitrogen and oxygen atoms in total. The van der Waals surface area contributed by atoms with Crippen LogP contribution in [0.5, 0.6) is 5.75 Å². The monoisotopic (exact) mass is 226 g/mol. The van der Waals surface area contributed by atoms with E-state index in [4.69, 9.17) is 4.74 Å². The Morgan fingerprint density at radius 3 is 2.41 bits per heavy atom. The molecule has 0 amide bonds. The smallest absolute Gasteiger partial charge is 0.128 e. The summed E-state index contributed by atoms with van der Waals surface area (Å²) >= 11 is 0. The van der Waals surface area contributed by atoms with E-state index < -0.39 is 0 Å². The Morgan fingerprint density at radius 2 is 1.76 bits per heavy atom. The molecule has 0 fully saturated rings. The van der Waals surface area contributed by atoms with Crippen LogP contribution in [0.25, 0.3) is 0 Å². The summed E-state index contributed by atoms with van der Waals surface area (Å²) in [6.07, 6.45) is 0. The van der Waals surface area contributed by atoms with E-state index in [1.165, 1.54) is 5.56 Å². The van der Waals surface area contributed by atoms with Crippen LogP contribution in [0.15, 0.2) is 42.5 Å². The van der Waals surface area contributed by atoms with Crippen molar-refractivity contribution in [3.8, 4) is 5.75 Å². The lowest BCUT2D eigenvalue weighted by atomic mass is 10.2. The first-order valence-corrected chi connectivity index (χ1v) is 5.57. The predicted molar refractivity (Wildman–Crippen MR) is 71.1 cm³/mol. The first-order chi connectivity index (χ1) is 8.20. The highest BCUT2D eigenvalue weighted by molar-refractivity contribution is 5.63. The maximum absolute atomic E-state index is 5.18. The molecule has 2 aromatic carbocycles. The Hall–Kier alpha value is -1.96. The van der Waals surface area contributed by atoms with E-state index in [1.807, 2.05) is 25.2 Å². The Labute approximate surface area is 102 Å². The third-order valence-electron chi connectivity index (χ3n) is 2.79. The molecule has 0 aromatic heterocycles. The zero-order valence-electron chi connectivity index (χ0n) is 10.4. The highest BCUT2D eigenvalue weighted by Crippen LogP contribution is 2.26. The summed E-state index contributed by atoms with van der Waals surface area (Å²) in [7, 11) is 3.70. The van der Waals surface area contributed by atoms with Gasteiger partial charge in [0.2, 0.25) is 0 Å². The summed E-state index contributed by atoms with van der Waals surface area (Å²) in [5, 5.41) is 0. The summed E-state index contributed by atoms with van der Waals surface area (Å²) in [5.74, 6) is 0.751. The molecule has 2 heteroatoms. The number of anilines is 2. The molecule has 0 atom stereocenters. The number of ether oxygens (including phenoxy) is 1. The summed E-state index contributed by atoms with van der Waals surface area (Å²) in [4.78, 5) is 2.12. The third-order valence-corrected chi connectivity index (χ3v) is 2.79. The Balaban J connectivity index is 2.29. The molecule has 0 aliphatic carbocycles. The molecule has 0 spiro atoms. The van der Waals surface area contributed by atoms with Gasteiger partial charge in [0, 0.05) is 30.6 Å². The van der Waals surface area contributed by atoms with Gasteiger partial charge in [-0.15, -0.1) is 0 Å². The summed E-state index contributed by atoms with van der Waals surface area (Å²) in [6.45, 7) is 2.09. The van der Waals surface area contributed by atoms with Crippen molar-refractivity contribution >= 4 is 11.4 Å². The van der Waals surface area contributed by atoms with Gasteiger partial charge in [-0.2, -0.15) is 0 Å². The van der Waals surface area contributed by atoms with E-state index in [2.05, 4.69) is 42.2 Å². The normalized spacial score (nSPS) is 10.1. The molecule has 0 heterocycles. The van der Waals surface area contributed by atoms with Crippen LogP contribution in [0.4, 0.5) is 11.4 Å². The van der Waals surface area contributed by atoms with Gasteiger partial charge in [-0.25, -0.2) is 0 Å². The van der Waals surface area contributed by atoms with Gasteiger partial charge in [0.05, 0.1) is 7.11 Å². The average molecular weight is 226 g/mol. The van der Waals surface area contributed by atoms with Gasteiger partial charge in [0.1, 0.15) is 5.75 Å². The molecular formula is C15H16NO. The molecule has 0 unspecified atom stereocenters. The van der Waals surface area contributed by atoms with Gasteiger partial charge in [-0.3, -0.25) is 0 Å². The lowest BCUT2D eigenvalue weighted by Gasteiger charge is -2.20. The lowest BCUT2D eigenvalue weighted by molar-refractivity contribution is 0.414. The second kappa shape index (κ2) is 4.91. The molecule has 17 heavy (non-hydrogen) atoms. The summed E-state index contributed by atoms with van der Waals surface area (Å²) in [5.41, 5.74) is 3.51. The van der Waals surface area contributed by atoms with Crippen molar-refractivity contribution in [2.24, 2.45) is 0 Å². The zero-order chi connectivity index (χ0) is 12.3. The average Bonchev–Trinajstić information content (AvgIpc) is 2.39. The molecule has 2 aromatic rings. The fourth-order valence-electron chi connectivity index (χ4n) is 1.68. The number of hydrogen-bond acceptors (Lipinski definition) is 2. The van der Waals surface area contributed by atoms with E-state index in [1.54, 1.807) is 7.11 Å². The largest absolute Gasteiger partial charge is 0.496 e. The molecule has 0 saturated carbocycles. The number of benzene rings is 2. The Morgan fingerprint density at radius 1 is 1.06 bits per heavy atom. The maximum atomic E-state index is 5.18. The molecule has 0 aliphatic rings. The van der Waals surface area contributed by atoms with Crippen molar-refractivity contribution < 1.29 is 4.74 Å². The van der Waals surface area contributed by atoms with E-state index >= 15 is 0 Å². The van der Waals surface area contributed by atoms with Crippen LogP contribution >= 0.6 is 0 Å². The molecule has 0 N–H and O–H groups in total. The van der Waals surface area contributed by atoms with Crippen LogP contribution in [0.3, 0.4) is 0 Å². The maximum Gasteiger partial charge on any atom is 0.128 e. The van der Waals surface area contributed by atoms with Crippen LogP contribution in [-0.2, 0) is 0 Å². The lowest BCUT2D eigenvalue weighted by Crippen LogP contribution is -2.09. The molecule has 0 saturated heterocycles. The van der Waals surface area contributed by atoms with Gasteiger partial charge in [0.15, 0.2) is 0 Å². The van der Waals surface area contributed by atoms with Crippen molar-refractivity contribution in [3.63, 3.8) is 0 Å². The van der Waals surface area contributed by atoms with Gasteiger partial charge >= 0.3 is 0 Å². The van der Waals surface area contributed by atoms with Crippen LogP contribution in [-0.4, -0.2) is 14.2 Å². The second-order valence-corrected chi connectivity index (χ2v) is 4.01. The fourth-order valence-corrected chi connectivity index (χ4v) is 1.68. The van der Waals surface area contributed by atoms with Crippen molar-refractivity contribution in [3.05, 3.63) is 54.1 Å². The quantitative estimate of drug-likeness (QED) is 0.793. The van der Waals surface area contributed by atoms with Crippen LogP contribution in [0.2, 0.25) is 0 Å². The number of hydrogen-bond donors (Lipinski definition) is 0. The molecular weight excluding hydrogens is 210 g/mol. The van der Waals surface area contributed by atoms with E-state index in [-0.39, 0.29) is 0 Å². The van der Waals surface area contributed by atoms with Crippen molar-refractivity contribution in [1.29, 1.82) is 0 Å². The number of nitrogens with zero attached hydrogens (tertiary/aromatic N) is 1. The summed E-state index contributed by atoms with van der Waals surface area (Å²) < 4.78 is 5.18. The third kappa shape index (κ3) is 2.59. The number of rotatable bonds is 3. The highest BCUT2D eigenvalue weighted by Gasteiger charge is 2.04. The number of aryl methyl sites for hydroxylation is 1. The van der Waals surface area contributed by atoms with E-state index in [9.17, 15) is 0 Å². The minimum absolute atomic E-state index is 0.751. The molecule has 87 valence electrons. The van der Waals surface area contributed by atoms with Crippen LogP contribution in [0, 0.1) is 13.0 Å². The zero-order valence-corrected chi connectivity index (χ0v) is 10.4. The molecule has 0 aliphatic heterocycles. The standard InChI is InChI=1S/C15H16NO/c1-12-7-9-13(10-8-12)16(2)14-5-4-6-15(11-14)17-3/h4-5,7-11H,1-3H3. The van der Waals surface area contributed by atoms with Crippen LogP contribution in [0.1, 0.15) is 5.56 Å². The number of methoxy groups -OCH3 is 1. The van der Waals surface area contributed by atoms with E-state index in [0.29, 0.717) is 0 Å². The molecule has 2 rings (SSSR count). The summed E-state index contributed by atoms with van der Waals surface area (Å²) in [6, 6.07) is 17.3. The predicted octanol–water partition coefficient (Wildman–Crippen LogP) is 3.57. The molecule has 1 radical (unpaired) electrons. The first kappa shape index (κ1) is 11.5. The second-order valence-electron chi connectivity index (χ2n) is 4.01. The van der Waals surface area contributed by atoms with E-state index in [0.717, 1.165) is 17.1 Å². The first-order valence-electron chi connectivity index (χ1n) is 5.57. The minimum atomic E-state index is 0.751. The topological polar surface area (TPSA) is 12.5 Å². The Bertz CT molecular complexity index is 491. The Kier molecular flexibility index (Phi) is 3.33. The minimum Gasteiger partial charge on any atom is -0.496 e. The fraction of sp³-hybridized carbons (Fsp3) is 0.200. The van der Waals surface area contributed by atoms with Crippen molar-refractivity contribution in [1.82, 2.24) is 0 Å². The molecule has 0 bridgehead atoms. The van der Waals surface area contributed by atoms with Gasteiger partial charge in [0.25, 0.3) is 0 Å². The van der Waals surface area contributed by atoms with Crippen molar-refractivity contribution in [2.45, 2.75) is 6.92 Å². The van der Waals surface area contributed by atoms with Gasteiger partial charge < -0.3 is 9.64 Å². The van der Waals surface area contributed by atoms with Gasteiger partial charge in [-0.05, 0) is 31.2 Å². The van der Waals surface area contributed by atoms with Crippen LogP contribution < -0.4 is 9.64 Å². The van der Waals surface area contributed by atoms with Gasteiger partial charge in [-0.1, -0.05) is 17.7 Å².